The minimum absolute atomic E-state index is 0.126. The number of rotatable bonds is 7. The van der Waals surface area contributed by atoms with E-state index in [0.717, 1.165) is 6.07 Å². The molecule has 1 atom stereocenters. The molecule has 0 spiro atoms. The third-order valence-electron chi connectivity index (χ3n) is 3.54. The first-order chi connectivity index (χ1) is 11.5. The Labute approximate surface area is 146 Å². The lowest BCUT2D eigenvalue weighted by atomic mass is 10.1. The van der Waals surface area contributed by atoms with Crippen molar-refractivity contribution < 1.29 is 13.9 Å². The van der Waals surface area contributed by atoms with E-state index in [1.54, 1.807) is 11.9 Å². The van der Waals surface area contributed by atoms with Gasteiger partial charge >= 0.3 is 0 Å². The zero-order valence-corrected chi connectivity index (χ0v) is 14.4. The van der Waals surface area contributed by atoms with E-state index in [2.05, 4.69) is 5.32 Å². The summed E-state index contributed by atoms with van der Waals surface area (Å²) >= 11 is 6.03. The van der Waals surface area contributed by atoms with E-state index in [0.29, 0.717) is 18.7 Å². The highest BCUT2D eigenvalue weighted by molar-refractivity contribution is 6.32. The van der Waals surface area contributed by atoms with Crippen LogP contribution in [0.2, 0.25) is 5.02 Å². The summed E-state index contributed by atoms with van der Waals surface area (Å²) in [5.74, 6) is -0.389. The molecule has 2 aromatic rings. The molecule has 1 amide bonds. The maximum Gasteiger partial charge on any atom is 0.268 e. The first-order valence-electron chi connectivity index (χ1n) is 7.59. The first kappa shape index (κ1) is 18.2. The van der Waals surface area contributed by atoms with Gasteiger partial charge in [0.25, 0.3) is 5.91 Å². The van der Waals surface area contributed by atoms with E-state index in [1.807, 2.05) is 37.4 Å². The Hall–Kier alpha value is -2.11. The number of amides is 1. The topological polar surface area (TPSA) is 41.6 Å². The minimum Gasteiger partial charge on any atom is -0.474 e. The average Bonchev–Trinajstić information content (AvgIpc) is 2.59. The lowest BCUT2D eigenvalue weighted by Gasteiger charge is -2.25. The molecule has 0 radical (unpaired) electrons. The van der Waals surface area contributed by atoms with Crippen molar-refractivity contribution in [1.82, 2.24) is 10.2 Å². The standard InChI is InChI=1S/C18H20ClFN2O2/c1-21-10-11-22(2)18(23)17(13-6-4-3-5-7-13)24-16-9-8-14(20)12-15(16)19/h3-9,12,17,21H,10-11H2,1-2H3. The summed E-state index contributed by atoms with van der Waals surface area (Å²) in [5.41, 5.74) is 0.708. The highest BCUT2D eigenvalue weighted by Crippen LogP contribution is 2.30. The van der Waals surface area contributed by atoms with Crippen LogP contribution in [0.25, 0.3) is 0 Å². The fourth-order valence-electron chi connectivity index (χ4n) is 2.18. The van der Waals surface area contributed by atoms with Gasteiger partial charge in [-0.1, -0.05) is 41.9 Å². The van der Waals surface area contributed by atoms with Crippen LogP contribution in [-0.2, 0) is 4.79 Å². The van der Waals surface area contributed by atoms with Crippen LogP contribution >= 0.6 is 11.6 Å². The van der Waals surface area contributed by atoms with Gasteiger partial charge < -0.3 is 15.0 Å². The molecule has 0 fully saturated rings. The molecule has 0 heterocycles. The second-order valence-corrected chi connectivity index (χ2v) is 5.75. The Kier molecular flexibility index (Phi) is 6.58. The molecule has 6 heteroatoms. The van der Waals surface area contributed by atoms with Crippen molar-refractivity contribution in [1.29, 1.82) is 0 Å². The molecule has 1 N–H and O–H groups in total. The Bertz CT molecular complexity index is 682. The van der Waals surface area contributed by atoms with E-state index in [-0.39, 0.29) is 16.7 Å². The first-order valence-corrected chi connectivity index (χ1v) is 7.97. The van der Waals surface area contributed by atoms with Gasteiger partial charge in [0.1, 0.15) is 11.6 Å². The van der Waals surface area contributed by atoms with E-state index >= 15 is 0 Å². The number of hydrogen-bond donors (Lipinski definition) is 1. The molecule has 2 rings (SSSR count). The van der Waals surface area contributed by atoms with Gasteiger partial charge in [0, 0.05) is 25.7 Å². The number of likely N-dealkylation sites (N-methyl/N-ethyl adjacent to an activating group) is 2. The molecular weight excluding hydrogens is 331 g/mol. The average molecular weight is 351 g/mol. The van der Waals surface area contributed by atoms with Crippen LogP contribution in [0.15, 0.2) is 48.5 Å². The number of benzene rings is 2. The predicted octanol–water partition coefficient (Wildman–Crippen LogP) is 3.28. The third kappa shape index (κ3) is 4.69. The lowest BCUT2D eigenvalue weighted by molar-refractivity contribution is -0.137. The Morgan fingerprint density at radius 3 is 2.62 bits per heavy atom. The lowest BCUT2D eigenvalue weighted by Crippen LogP contribution is -2.38. The minimum atomic E-state index is -0.851. The summed E-state index contributed by atoms with van der Waals surface area (Å²) in [6, 6.07) is 13.0. The second kappa shape index (κ2) is 8.66. The highest BCUT2D eigenvalue weighted by Gasteiger charge is 2.26. The van der Waals surface area contributed by atoms with Crippen LogP contribution in [0.3, 0.4) is 0 Å². The van der Waals surface area contributed by atoms with Crippen LogP contribution in [0, 0.1) is 5.82 Å². The van der Waals surface area contributed by atoms with Crippen molar-refractivity contribution in [2.45, 2.75) is 6.10 Å². The molecule has 24 heavy (non-hydrogen) atoms. The van der Waals surface area contributed by atoms with Crippen molar-refractivity contribution in [3.63, 3.8) is 0 Å². The molecule has 0 bridgehead atoms. The molecular formula is C18H20ClFN2O2. The summed E-state index contributed by atoms with van der Waals surface area (Å²) in [4.78, 5) is 14.4. The van der Waals surface area contributed by atoms with Crippen molar-refractivity contribution >= 4 is 17.5 Å². The number of nitrogens with one attached hydrogen (secondary N) is 1. The molecule has 0 aliphatic carbocycles. The fraction of sp³-hybridized carbons (Fsp3) is 0.278. The van der Waals surface area contributed by atoms with Crippen molar-refractivity contribution in [2.24, 2.45) is 0 Å². The van der Waals surface area contributed by atoms with Gasteiger partial charge in [0.15, 0.2) is 0 Å². The molecule has 0 saturated heterocycles. The number of carbonyl (C=O) groups excluding carboxylic acids is 1. The summed E-state index contributed by atoms with van der Waals surface area (Å²) in [6.07, 6.45) is -0.851. The SMILES string of the molecule is CNCCN(C)C(=O)C(Oc1ccc(F)cc1Cl)c1ccccc1. The van der Waals surface area contributed by atoms with Crippen LogP contribution in [0.4, 0.5) is 4.39 Å². The van der Waals surface area contributed by atoms with Crippen molar-refractivity contribution in [2.75, 3.05) is 27.2 Å². The molecule has 0 aromatic heterocycles. The van der Waals surface area contributed by atoms with Gasteiger partial charge in [-0.2, -0.15) is 0 Å². The number of nitrogens with zero attached hydrogens (tertiary/aromatic N) is 1. The Morgan fingerprint density at radius 2 is 2.00 bits per heavy atom. The number of ether oxygens (including phenoxy) is 1. The fourth-order valence-corrected chi connectivity index (χ4v) is 2.39. The summed E-state index contributed by atoms with van der Waals surface area (Å²) in [7, 11) is 3.53. The summed E-state index contributed by atoms with van der Waals surface area (Å²) in [5, 5.41) is 3.13. The summed E-state index contributed by atoms with van der Waals surface area (Å²) in [6.45, 7) is 1.21. The number of hydrogen-bond acceptors (Lipinski definition) is 3. The smallest absolute Gasteiger partial charge is 0.268 e. The number of halogens is 2. The predicted molar refractivity (Wildman–Crippen MR) is 92.8 cm³/mol. The third-order valence-corrected chi connectivity index (χ3v) is 3.83. The molecule has 128 valence electrons. The van der Waals surface area contributed by atoms with Crippen molar-refractivity contribution in [3.8, 4) is 5.75 Å². The van der Waals surface area contributed by atoms with Gasteiger partial charge in [-0.15, -0.1) is 0 Å². The highest BCUT2D eigenvalue weighted by atomic mass is 35.5. The van der Waals surface area contributed by atoms with Gasteiger partial charge in [0.05, 0.1) is 5.02 Å². The van der Waals surface area contributed by atoms with E-state index < -0.39 is 11.9 Å². The quantitative estimate of drug-likeness (QED) is 0.833. The molecule has 4 nitrogen and oxygen atoms in total. The normalized spacial score (nSPS) is 11.8. The Morgan fingerprint density at radius 1 is 1.29 bits per heavy atom. The van der Waals surface area contributed by atoms with Crippen LogP contribution in [-0.4, -0.2) is 38.0 Å². The monoisotopic (exact) mass is 350 g/mol. The van der Waals surface area contributed by atoms with Crippen LogP contribution in [0.1, 0.15) is 11.7 Å². The van der Waals surface area contributed by atoms with Gasteiger partial charge in [-0.05, 0) is 25.2 Å². The molecule has 0 saturated carbocycles. The maximum atomic E-state index is 13.2. The van der Waals surface area contributed by atoms with Gasteiger partial charge in [0.2, 0.25) is 6.10 Å². The molecule has 0 aliphatic heterocycles. The largest absolute Gasteiger partial charge is 0.474 e. The van der Waals surface area contributed by atoms with Gasteiger partial charge in [-0.25, -0.2) is 4.39 Å². The Balaban J connectivity index is 2.28. The second-order valence-electron chi connectivity index (χ2n) is 5.35. The summed E-state index contributed by atoms with van der Waals surface area (Å²) < 4.78 is 19.1. The van der Waals surface area contributed by atoms with E-state index in [4.69, 9.17) is 16.3 Å². The van der Waals surface area contributed by atoms with E-state index in [1.165, 1.54) is 12.1 Å². The van der Waals surface area contributed by atoms with Gasteiger partial charge in [-0.3, -0.25) is 4.79 Å². The molecule has 0 aliphatic rings. The van der Waals surface area contributed by atoms with Crippen LogP contribution < -0.4 is 10.1 Å². The zero-order chi connectivity index (χ0) is 17.5. The molecule has 1 unspecified atom stereocenters. The maximum absolute atomic E-state index is 13.2. The molecule has 2 aromatic carbocycles. The van der Waals surface area contributed by atoms with E-state index in [9.17, 15) is 9.18 Å². The number of carbonyl (C=O) groups is 1. The zero-order valence-electron chi connectivity index (χ0n) is 13.6. The van der Waals surface area contributed by atoms with Crippen molar-refractivity contribution in [3.05, 3.63) is 64.9 Å². The van der Waals surface area contributed by atoms with Crippen LogP contribution in [0.5, 0.6) is 5.75 Å².